The maximum Gasteiger partial charge on any atom is 0.239 e. The molecule has 1 aliphatic rings. The van der Waals surface area contributed by atoms with Crippen molar-refractivity contribution >= 4 is 22.2 Å². The molecule has 1 saturated heterocycles. The lowest BCUT2D eigenvalue weighted by Gasteiger charge is -2.21. The van der Waals surface area contributed by atoms with Crippen molar-refractivity contribution in [3.05, 3.63) is 27.7 Å². The molecule has 1 fully saturated rings. The van der Waals surface area contributed by atoms with Gasteiger partial charge in [0.15, 0.2) is 5.82 Å². The summed E-state index contributed by atoms with van der Waals surface area (Å²) in [6, 6.07) is 0.0751. The third-order valence-electron chi connectivity index (χ3n) is 4.49. The van der Waals surface area contributed by atoms with Gasteiger partial charge in [-0.15, -0.1) is 11.3 Å². The summed E-state index contributed by atoms with van der Waals surface area (Å²) in [6.45, 7) is 9.24. The van der Waals surface area contributed by atoms with Crippen LogP contribution in [0.2, 0.25) is 0 Å². The first-order valence-corrected chi connectivity index (χ1v) is 8.68. The predicted octanol–water partition coefficient (Wildman–Crippen LogP) is 3.14. The molecule has 0 unspecified atom stereocenters. The highest BCUT2D eigenvalue weighted by molar-refractivity contribution is 7.16. The van der Waals surface area contributed by atoms with E-state index in [9.17, 15) is 4.79 Å². The molecule has 0 spiro atoms. The molecule has 0 radical (unpaired) electrons. The second kappa shape index (κ2) is 6.41. The Kier molecular flexibility index (Phi) is 4.50. The van der Waals surface area contributed by atoms with Gasteiger partial charge in [-0.2, -0.15) is 4.98 Å². The van der Waals surface area contributed by atoms with Crippen LogP contribution >= 0.6 is 11.3 Å². The molecule has 2 aromatic heterocycles. The van der Waals surface area contributed by atoms with E-state index in [2.05, 4.69) is 41.1 Å². The summed E-state index contributed by atoms with van der Waals surface area (Å²) in [4.78, 5) is 20.1. The van der Waals surface area contributed by atoms with Crippen LogP contribution in [0.1, 0.15) is 46.6 Å². The maximum absolute atomic E-state index is 12.4. The molecule has 0 saturated carbocycles. The minimum atomic E-state index is 0.0152. The van der Waals surface area contributed by atoms with Gasteiger partial charge in [0.25, 0.3) is 0 Å². The summed E-state index contributed by atoms with van der Waals surface area (Å²) in [7, 11) is 0. The van der Waals surface area contributed by atoms with Crippen molar-refractivity contribution in [2.24, 2.45) is 0 Å². The molecule has 6 nitrogen and oxygen atoms in total. The molecular weight excluding hydrogens is 312 g/mol. The van der Waals surface area contributed by atoms with E-state index in [1.54, 1.807) is 18.3 Å². The Hall–Kier alpha value is -1.73. The second-order valence-electron chi connectivity index (χ2n) is 6.09. The lowest BCUT2D eigenvalue weighted by Crippen LogP contribution is -2.33. The molecule has 0 aromatic carbocycles. The highest BCUT2D eigenvalue weighted by atomic mass is 32.1. The number of nitrogens with zero attached hydrogens (tertiary/aromatic N) is 3. The normalized spacial score (nSPS) is 18.5. The van der Waals surface area contributed by atoms with Gasteiger partial charge in [0.2, 0.25) is 11.8 Å². The molecular formula is C16H22N4O2S. The number of hydrogen-bond acceptors (Lipinski definition) is 6. The molecule has 1 atom stereocenters. The molecule has 7 heteroatoms. The van der Waals surface area contributed by atoms with Crippen molar-refractivity contribution in [2.45, 2.75) is 46.6 Å². The van der Waals surface area contributed by atoms with Crippen molar-refractivity contribution in [1.29, 1.82) is 0 Å². The number of anilines is 1. The third-order valence-corrected chi connectivity index (χ3v) is 5.72. The van der Waals surface area contributed by atoms with Crippen molar-refractivity contribution in [3.63, 3.8) is 0 Å². The van der Waals surface area contributed by atoms with Gasteiger partial charge in [0, 0.05) is 11.8 Å². The summed E-state index contributed by atoms with van der Waals surface area (Å²) in [5.74, 6) is 1.27. The number of nitrogens with one attached hydrogen (secondary N) is 1. The zero-order valence-corrected chi connectivity index (χ0v) is 14.8. The van der Waals surface area contributed by atoms with E-state index in [0.29, 0.717) is 18.3 Å². The van der Waals surface area contributed by atoms with Crippen LogP contribution in [0.5, 0.6) is 0 Å². The van der Waals surface area contributed by atoms with E-state index in [1.165, 1.54) is 10.4 Å². The lowest BCUT2D eigenvalue weighted by atomic mass is 10.2. The van der Waals surface area contributed by atoms with Crippen molar-refractivity contribution in [3.8, 4) is 0 Å². The first-order valence-electron chi connectivity index (χ1n) is 7.86. The number of hydrogen-bond donors (Lipinski definition) is 1. The fraction of sp³-hybridized carbons (Fsp3) is 0.562. The second-order valence-corrected chi connectivity index (χ2v) is 7.31. The molecule has 3 heterocycles. The van der Waals surface area contributed by atoms with Gasteiger partial charge >= 0.3 is 0 Å². The summed E-state index contributed by atoms with van der Waals surface area (Å²) >= 11 is 1.64. The smallest absolute Gasteiger partial charge is 0.239 e. The number of aryl methyl sites for hydroxylation is 2. The number of thiophene rings is 1. The average Bonchev–Trinajstić information content (AvgIpc) is 3.17. The van der Waals surface area contributed by atoms with Gasteiger partial charge in [0.1, 0.15) is 0 Å². The van der Waals surface area contributed by atoms with E-state index in [-0.39, 0.29) is 11.9 Å². The van der Waals surface area contributed by atoms with Crippen molar-refractivity contribution < 1.29 is 9.32 Å². The zero-order chi connectivity index (χ0) is 16.6. The summed E-state index contributed by atoms with van der Waals surface area (Å²) in [6.07, 6.45) is 2.00. The van der Waals surface area contributed by atoms with Crippen LogP contribution in [0.3, 0.4) is 0 Å². The van der Waals surface area contributed by atoms with Crippen LogP contribution < -0.4 is 5.32 Å². The molecule has 3 rings (SSSR count). The van der Waals surface area contributed by atoms with Crippen LogP contribution in [0.15, 0.2) is 4.52 Å². The van der Waals surface area contributed by atoms with Crippen LogP contribution in [0.4, 0.5) is 5.00 Å². The van der Waals surface area contributed by atoms with Gasteiger partial charge in [-0.05, 0) is 51.3 Å². The Morgan fingerprint density at radius 3 is 2.74 bits per heavy atom. The maximum atomic E-state index is 12.4. The quantitative estimate of drug-likeness (QED) is 0.930. The van der Waals surface area contributed by atoms with E-state index in [4.69, 9.17) is 4.52 Å². The fourth-order valence-corrected chi connectivity index (χ4v) is 4.05. The van der Waals surface area contributed by atoms with Gasteiger partial charge < -0.3 is 9.84 Å². The standard InChI is InChI=1S/C16H22N4O2S/c1-9-10(2)16(23-11(9)3)18-14(21)8-20-7-5-6-13(20)15-17-12(4)22-19-15/h13H,5-8H2,1-4H3,(H,18,21)/t13-/m0/s1. The van der Waals surface area contributed by atoms with E-state index >= 15 is 0 Å². The number of likely N-dealkylation sites (tertiary alicyclic amines) is 1. The van der Waals surface area contributed by atoms with Crippen LogP contribution in [-0.2, 0) is 4.79 Å². The summed E-state index contributed by atoms with van der Waals surface area (Å²) in [5.41, 5.74) is 2.42. The first kappa shape index (κ1) is 16.1. The molecule has 1 aliphatic heterocycles. The fourth-order valence-electron chi connectivity index (χ4n) is 2.97. The molecule has 124 valence electrons. The number of carbonyl (C=O) groups excluding carboxylic acids is 1. The highest BCUT2D eigenvalue weighted by Gasteiger charge is 2.31. The average molecular weight is 334 g/mol. The SMILES string of the molecule is Cc1nc([C@@H]2CCCN2CC(=O)Nc2sc(C)c(C)c2C)no1. The van der Waals surface area contributed by atoms with Crippen LogP contribution in [0.25, 0.3) is 0 Å². The number of carbonyl (C=O) groups is 1. The van der Waals surface area contributed by atoms with E-state index in [1.807, 2.05) is 0 Å². The molecule has 1 N–H and O–H groups in total. The Morgan fingerprint density at radius 2 is 2.13 bits per heavy atom. The summed E-state index contributed by atoms with van der Waals surface area (Å²) < 4.78 is 5.07. The largest absolute Gasteiger partial charge is 0.340 e. The Morgan fingerprint density at radius 1 is 1.35 bits per heavy atom. The minimum Gasteiger partial charge on any atom is -0.340 e. The highest BCUT2D eigenvalue weighted by Crippen LogP contribution is 2.32. The zero-order valence-electron chi connectivity index (χ0n) is 14.0. The van der Waals surface area contributed by atoms with Gasteiger partial charge in [-0.3, -0.25) is 9.69 Å². The molecule has 1 amide bonds. The van der Waals surface area contributed by atoms with Gasteiger partial charge in [-0.25, -0.2) is 0 Å². The van der Waals surface area contributed by atoms with Crippen molar-refractivity contribution in [2.75, 3.05) is 18.4 Å². The topological polar surface area (TPSA) is 71.3 Å². The van der Waals surface area contributed by atoms with E-state index in [0.717, 1.165) is 30.0 Å². The Labute approximate surface area is 139 Å². The lowest BCUT2D eigenvalue weighted by molar-refractivity contribution is -0.117. The number of aromatic nitrogens is 2. The number of rotatable bonds is 4. The van der Waals surface area contributed by atoms with Crippen LogP contribution in [-0.4, -0.2) is 34.0 Å². The molecule has 0 aliphatic carbocycles. The Balaban J connectivity index is 1.66. The Bertz CT molecular complexity index is 722. The molecule has 23 heavy (non-hydrogen) atoms. The third kappa shape index (κ3) is 3.30. The van der Waals surface area contributed by atoms with E-state index < -0.39 is 0 Å². The molecule has 2 aromatic rings. The monoisotopic (exact) mass is 334 g/mol. The van der Waals surface area contributed by atoms with Crippen LogP contribution in [0, 0.1) is 27.7 Å². The van der Waals surface area contributed by atoms with Gasteiger partial charge in [-0.1, -0.05) is 5.16 Å². The number of amides is 1. The van der Waals surface area contributed by atoms with Crippen molar-refractivity contribution in [1.82, 2.24) is 15.0 Å². The minimum absolute atomic E-state index is 0.0152. The summed E-state index contributed by atoms with van der Waals surface area (Å²) in [5, 5.41) is 8.02. The predicted molar refractivity (Wildman–Crippen MR) is 89.7 cm³/mol. The molecule has 0 bridgehead atoms. The first-order chi connectivity index (χ1) is 11.0. The van der Waals surface area contributed by atoms with Gasteiger partial charge in [0.05, 0.1) is 17.6 Å².